The number of non-ortho nitro benzene ring substituents is 1. The van der Waals surface area contributed by atoms with Crippen LogP contribution in [0.3, 0.4) is 0 Å². The lowest BCUT2D eigenvalue weighted by Gasteiger charge is -2.13. The van der Waals surface area contributed by atoms with Crippen molar-refractivity contribution in [3.63, 3.8) is 0 Å². The van der Waals surface area contributed by atoms with Crippen molar-refractivity contribution in [2.75, 3.05) is 0 Å². The molecule has 1 heterocycles. The first-order chi connectivity index (χ1) is 11.9. The van der Waals surface area contributed by atoms with E-state index in [-0.39, 0.29) is 17.0 Å². The molecule has 1 unspecified atom stereocenters. The van der Waals surface area contributed by atoms with Gasteiger partial charge < -0.3 is 10.4 Å². The fourth-order valence-electron chi connectivity index (χ4n) is 2.60. The summed E-state index contributed by atoms with van der Waals surface area (Å²) in [6, 6.07) is 10.6. The number of amides is 1. The van der Waals surface area contributed by atoms with Crippen LogP contribution in [0.15, 0.2) is 54.1 Å². The van der Waals surface area contributed by atoms with Gasteiger partial charge in [0.05, 0.1) is 16.5 Å². The zero-order chi connectivity index (χ0) is 18.1. The molecule has 1 aliphatic rings. The first kappa shape index (κ1) is 16.7. The van der Waals surface area contributed by atoms with Gasteiger partial charge in [0.2, 0.25) is 0 Å². The number of hydrogen-bond donors (Lipinski definition) is 2. The molecule has 0 saturated carbocycles. The highest BCUT2D eigenvalue weighted by molar-refractivity contribution is 6.46. The molecular weight excluding hydrogens is 348 g/mol. The molecule has 25 heavy (non-hydrogen) atoms. The van der Waals surface area contributed by atoms with Crippen LogP contribution >= 0.6 is 11.6 Å². The van der Waals surface area contributed by atoms with E-state index < -0.39 is 22.7 Å². The van der Waals surface area contributed by atoms with E-state index in [0.29, 0.717) is 16.1 Å². The molecular formula is C17H11ClN2O5. The fourth-order valence-corrected chi connectivity index (χ4v) is 2.72. The number of nitro benzene ring substituents is 1. The molecule has 0 bridgehead atoms. The van der Waals surface area contributed by atoms with Crippen LogP contribution in [0.25, 0.3) is 5.76 Å². The van der Waals surface area contributed by atoms with Crippen molar-refractivity contribution < 1.29 is 19.6 Å². The number of nitro groups is 1. The third-order valence-electron chi connectivity index (χ3n) is 3.80. The zero-order valence-corrected chi connectivity index (χ0v) is 13.4. The van der Waals surface area contributed by atoms with Crippen molar-refractivity contribution in [3.05, 3.63) is 80.4 Å². The number of aliphatic hydroxyl groups excluding tert-OH is 1. The molecule has 0 spiro atoms. The highest BCUT2D eigenvalue weighted by atomic mass is 35.5. The van der Waals surface area contributed by atoms with Crippen molar-refractivity contribution in [2.24, 2.45) is 0 Å². The number of hydrogen-bond acceptors (Lipinski definition) is 5. The van der Waals surface area contributed by atoms with Gasteiger partial charge in [0.15, 0.2) is 0 Å². The van der Waals surface area contributed by atoms with Gasteiger partial charge in [0.25, 0.3) is 17.4 Å². The molecule has 0 aromatic heterocycles. The normalized spacial score (nSPS) is 18.8. The van der Waals surface area contributed by atoms with Crippen molar-refractivity contribution >= 4 is 34.7 Å². The SMILES string of the molecule is O=C1NC(c2cccc([N+](=O)[O-])c2)/C(=C(/O)c2ccc(Cl)cc2)C1=O. The van der Waals surface area contributed by atoms with E-state index in [9.17, 15) is 24.8 Å². The van der Waals surface area contributed by atoms with Crippen LogP contribution in [0.5, 0.6) is 0 Å². The Hall–Kier alpha value is -3.19. The van der Waals surface area contributed by atoms with E-state index in [0.717, 1.165) is 0 Å². The molecule has 1 amide bonds. The molecule has 1 aliphatic heterocycles. The highest BCUT2D eigenvalue weighted by Gasteiger charge is 2.39. The molecule has 8 heteroatoms. The predicted octanol–water partition coefficient (Wildman–Crippen LogP) is 2.96. The number of halogens is 1. The monoisotopic (exact) mass is 358 g/mol. The van der Waals surface area contributed by atoms with E-state index in [1.54, 1.807) is 0 Å². The van der Waals surface area contributed by atoms with Crippen LogP contribution in [-0.2, 0) is 9.59 Å². The summed E-state index contributed by atoms with van der Waals surface area (Å²) in [6.45, 7) is 0. The average Bonchev–Trinajstić information content (AvgIpc) is 2.90. The fraction of sp³-hybridized carbons (Fsp3) is 0.0588. The summed E-state index contributed by atoms with van der Waals surface area (Å²) in [4.78, 5) is 34.4. The van der Waals surface area contributed by atoms with Crippen molar-refractivity contribution in [3.8, 4) is 0 Å². The van der Waals surface area contributed by atoms with Gasteiger partial charge in [-0.15, -0.1) is 0 Å². The molecule has 2 N–H and O–H groups in total. The van der Waals surface area contributed by atoms with E-state index in [1.807, 2.05) is 0 Å². The maximum atomic E-state index is 12.2. The number of Topliss-reactive ketones (excluding diaryl/α,β-unsaturated/α-hetero) is 1. The number of nitrogens with one attached hydrogen (secondary N) is 1. The second kappa shape index (κ2) is 6.37. The van der Waals surface area contributed by atoms with Gasteiger partial charge in [-0.1, -0.05) is 23.7 Å². The number of carbonyl (C=O) groups is 2. The third-order valence-corrected chi connectivity index (χ3v) is 4.05. The summed E-state index contributed by atoms with van der Waals surface area (Å²) in [5, 5.41) is 24.3. The maximum absolute atomic E-state index is 12.2. The first-order valence-electron chi connectivity index (χ1n) is 7.17. The Morgan fingerprint density at radius 2 is 1.84 bits per heavy atom. The minimum Gasteiger partial charge on any atom is -0.507 e. The van der Waals surface area contributed by atoms with Crippen molar-refractivity contribution in [1.82, 2.24) is 5.32 Å². The molecule has 0 radical (unpaired) electrons. The summed E-state index contributed by atoms with van der Waals surface area (Å²) in [5.74, 6) is -2.15. The lowest BCUT2D eigenvalue weighted by atomic mass is 9.95. The number of ketones is 1. The number of carbonyl (C=O) groups excluding carboxylic acids is 2. The van der Waals surface area contributed by atoms with Gasteiger partial charge in [-0.25, -0.2) is 0 Å². The summed E-state index contributed by atoms with van der Waals surface area (Å²) in [7, 11) is 0. The van der Waals surface area contributed by atoms with Crippen LogP contribution in [0.2, 0.25) is 5.02 Å². The topological polar surface area (TPSA) is 110 Å². The maximum Gasteiger partial charge on any atom is 0.293 e. The van der Waals surface area contributed by atoms with Crippen LogP contribution in [0.4, 0.5) is 5.69 Å². The molecule has 2 aromatic carbocycles. The van der Waals surface area contributed by atoms with E-state index in [2.05, 4.69) is 5.32 Å². The number of benzene rings is 2. The number of aliphatic hydroxyl groups is 1. The van der Waals surface area contributed by atoms with Crippen LogP contribution < -0.4 is 5.32 Å². The molecule has 2 aromatic rings. The van der Waals surface area contributed by atoms with Crippen LogP contribution in [0.1, 0.15) is 17.2 Å². The highest BCUT2D eigenvalue weighted by Crippen LogP contribution is 2.34. The zero-order valence-electron chi connectivity index (χ0n) is 12.6. The molecule has 126 valence electrons. The molecule has 1 fully saturated rings. The summed E-state index contributed by atoms with van der Waals surface area (Å²) in [6.07, 6.45) is 0. The Morgan fingerprint density at radius 1 is 1.16 bits per heavy atom. The van der Waals surface area contributed by atoms with Gasteiger partial charge in [-0.05, 0) is 29.8 Å². The largest absolute Gasteiger partial charge is 0.507 e. The van der Waals surface area contributed by atoms with Gasteiger partial charge in [-0.3, -0.25) is 19.7 Å². The average molecular weight is 359 g/mol. The Labute approximate surface area is 146 Å². The minimum absolute atomic E-state index is 0.159. The van der Waals surface area contributed by atoms with Crippen LogP contribution in [0, 0.1) is 10.1 Å². The lowest BCUT2D eigenvalue weighted by Crippen LogP contribution is -2.21. The standard InChI is InChI=1S/C17H11ClN2O5/c18-11-6-4-9(5-7-11)15(21)13-14(19-17(23)16(13)22)10-2-1-3-12(8-10)20(24)25/h1-8,14,21H,(H,19,23)/b15-13-. The van der Waals surface area contributed by atoms with Crippen LogP contribution in [-0.4, -0.2) is 21.7 Å². The summed E-state index contributed by atoms with van der Waals surface area (Å²) < 4.78 is 0. The Balaban J connectivity index is 2.12. The number of nitrogens with zero attached hydrogens (tertiary/aromatic N) is 1. The Kier molecular flexibility index (Phi) is 4.24. The summed E-state index contributed by atoms with van der Waals surface area (Å²) >= 11 is 5.80. The molecule has 3 rings (SSSR count). The molecule has 0 aliphatic carbocycles. The summed E-state index contributed by atoms with van der Waals surface area (Å²) in [5.41, 5.74) is 0.285. The molecule has 1 saturated heterocycles. The van der Waals surface area contributed by atoms with Gasteiger partial charge >= 0.3 is 0 Å². The second-order valence-electron chi connectivity index (χ2n) is 5.36. The van der Waals surface area contributed by atoms with Gasteiger partial charge in [0, 0.05) is 22.7 Å². The predicted molar refractivity (Wildman–Crippen MR) is 90.0 cm³/mol. The van der Waals surface area contributed by atoms with E-state index in [1.165, 1.54) is 48.5 Å². The molecule has 7 nitrogen and oxygen atoms in total. The molecule has 1 atom stereocenters. The third kappa shape index (κ3) is 3.09. The van der Waals surface area contributed by atoms with Gasteiger partial charge in [0.1, 0.15) is 5.76 Å². The Morgan fingerprint density at radius 3 is 2.48 bits per heavy atom. The van der Waals surface area contributed by atoms with E-state index in [4.69, 9.17) is 11.6 Å². The lowest BCUT2D eigenvalue weighted by molar-refractivity contribution is -0.384. The minimum atomic E-state index is -0.976. The first-order valence-corrected chi connectivity index (χ1v) is 7.55. The van der Waals surface area contributed by atoms with E-state index >= 15 is 0 Å². The smallest absolute Gasteiger partial charge is 0.293 e. The second-order valence-corrected chi connectivity index (χ2v) is 5.79. The quantitative estimate of drug-likeness (QED) is 0.288. The van der Waals surface area contributed by atoms with Crippen molar-refractivity contribution in [1.29, 1.82) is 0 Å². The van der Waals surface area contributed by atoms with Crippen molar-refractivity contribution in [2.45, 2.75) is 6.04 Å². The Bertz CT molecular complexity index is 921. The van der Waals surface area contributed by atoms with Gasteiger partial charge in [-0.2, -0.15) is 0 Å². The number of rotatable bonds is 3.